The Morgan fingerprint density at radius 2 is 2.09 bits per heavy atom. The van der Waals surface area contributed by atoms with Crippen LogP contribution in [0.1, 0.15) is 26.7 Å². The van der Waals surface area contributed by atoms with Gasteiger partial charge in [0, 0.05) is 5.57 Å². The molecule has 0 aromatic heterocycles. The third-order valence-electron chi connectivity index (χ3n) is 1.95. The van der Waals surface area contributed by atoms with Crippen LogP contribution in [-0.4, -0.2) is 12.1 Å². The molecule has 1 saturated carbocycles. The summed E-state index contributed by atoms with van der Waals surface area (Å²) >= 11 is 0. The fraction of sp³-hybridized carbons (Fsp3) is 0.667. The van der Waals surface area contributed by atoms with Crippen molar-refractivity contribution in [3.63, 3.8) is 0 Å². The minimum atomic E-state index is -0.248. The minimum absolute atomic E-state index is 0.161. The van der Waals surface area contributed by atoms with Crippen molar-refractivity contribution in [2.45, 2.75) is 32.8 Å². The maximum Gasteiger partial charge on any atom is 0.333 e. The number of rotatable bonds is 2. The lowest BCUT2D eigenvalue weighted by molar-refractivity contribution is -0.150. The van der Waals surface area contributed by atoms with Crippen LogP contribution in [0.15, 0.2) is 12.2 Å². The molecule has 0 spiro atoms. The average Bonchev–Trinajstić information content (AvgIpc) is 1.84. The van der Waals surface area contributed by atoms with Gasteiger partial charge in [-0.15, -0.1) is 0 Å². The number of hydrogen-bond acceptors (Lipinski definition) is 2. The van der Waals surface area contributed by atoms with Crippen molar-refractivity contribution in [2.75, 3.05) is 0 Å². The summed E-state index contributed by atoms with van der Waals surface area (Å²) in [6, 6.07) is 0. The highest BCUT2D eigenvalue weighted by Gasteiger charge is 2.28. The molecule has 0 bridgehead atoms. The second-order valence-corrected chi connectivity index (χ2v) is 3.38. The van der Waals surface area contributed by atoms with Crippen LogP contribution in [0.2, 0.25) is 0 Å². The smallest absolute Gasteiger partial charge is 0.333 e. The number of ether oxygens (including phenoxy) is 1. The molecule has 1 aliphatic carbocycles. The SMILES string of the molecule is C=C(C)C(=O)OC1CC(C)C1. The molecule has 0 radical (unpaired) electrons. The maximum absolute atomic E-state index is 10.9. The van der Waals surface area contributed by atoms with Crippen molar-refractivity contribution in [1.82, 2.24) is 0 Å². The van der Waals surface area contributed by atoms with Crippen molar-refractivity contribution in [3.8, 4) is 0 Å². The summed E-state index contributed by atoms with van der Waals surface area (Å²) in [6.07, 6.45) is 2.19. The summed E-state index contributed by atoms with van der Waals surface area (Å²) in [4.78, 5) is 10.9. The zero-order chi connectivity index (χ0) is 8.43. The van der Waals surface area contributed by atoms with E-state index in [2.05, 4.69) is 13.5 Å². The Balaban J connectivity index is 2.22. The molecule has 0 N–H and O–H groups in total. The topological polar surface area (TPSA) is 26.3 Å². The fourth-order valence-corrected chi connectivity index (χ4v) is 1.18. The second kappa shape index (κ2) is 3.07. The van der Waals surface area contributed by atoms with E-state index in [9.17, 15) is 4.79 Å². The van der Waals surface area contributed by atoms with E-state index < -0.39 is 0 Å². The van der Waals surface area contributed by atoms with Crippen LogP contribution in [0.4, 0.5) is 0 Å². The summed E-state index contributed by atoms with van der Waals surface area (Å²) < 4.78 is 5.08. The van der Waals surface area contributed by atoms with Gasteiger partial charge in [0.1, 0.15) is 6.10 Å². The van der Waals surface area contributed by atoms with Crippen molar-refractivity contribution >= 4 is 5.97 Å². The zero-order valence-corrected chi connectivity index (χ0v) is 7.09. The van der Waals surface area contributed by atoms with Crippen LogP contribution in [0.5, 0.6) is 0 Å². The molecule has 0 heterocycles. The molecule has 0 aromatic rings. The largest absolute Gasteiger partial charge is 0.459 e. The molecule has 0 saturated heterocycles. The molecular weight excluding hydrogens is 140 g/mol. The summed E-state index contributed by atoms with van der Waals surface area (Å²) in [6.45, 7) is 7.34. The van der Waals surface area contributed by atoms with Crippen LogP contribution in [0.25, 0.3) is 0 Å². The predicted octanol–water partition coefficient (Wildman–Crippen LogP) is 1.90. The highest BCUT2D eigenvalue weighted by atomic mass is 16.5. The van der Waals surface area contributed by atoms with Crippen LogP contribution in [0, 0.1) is 5.92 Å². The average molecular weight is 154 g/mol. The van der Waals surface area contributed by atoms with Crippen molar-refractivity contribution in [2.24, 2.45) is 5.92 Å². The van der Waals surface area contributed by atoms with Crippen LogP contribution < -0.4 is 0 Å². The standard InChI is InChI=1S/C9H14O2/c1-6(2)9(10)11-8-4-7(3)5-8/h7-8H,1,4-5H2,2-3H3. The van der Waals surface area contributed by atoms with E-state index in [0.717, 1.165) is 18.8 Å². The molecule has 0 amide bonds. The first kappa shape index (κ1) is 8.31. The normalized spacial score (nSPS) is 28.9. The lowest BCUT2D eigenvalue weighted by atomic mass is 9.84. The number of carbonyl (C=O) groups is 1. The molecule has 1 aliphatic rings. The Morgan fingerprint density at radius 3 is 2.45 bits per heavy atom. The zero-order valence-electron chi connectivity index (χ0n) is 7.09. The molecule has 2 heteroatoms. The summed E-state index contributed by atoms with van der Waals surface area (Å²) in [5.74, 6) is 0.472. The molecule has 1 rings (SSSR count). The van der Waals surface area contributed by atoms with Gasteiger partial charge in [-0.2, -0.15) is 0 Å². The molecular formula is C9H14O2. The fourth-order valence-electron chi connectivity index (χ4n) is 1.18. The molecule has 2 nitrogen and oxygen atoms in total. The number of hydrogen-bond donors (Lipinski definition) is 0. The second-order valence-electron chi connectivity index (χ2n) is 3.38. The van der Waals surface area contributed by atoms with E-state index in [-0.39, 0.29) is 12.1 Å². The van der Waals surface area contributed by atoms with Gasteiger partial charge in [0.05, 0.1) is 0 Å². The van der Waals surface area contributed by atoms with Crippen LogP contribution >= 0.6 is 0 Å². The van der Waals surface area contributed by atoms with Crippen molar-refractivity contribution < 1.29 is 9.53 Å². The van der Waals surface area contributed by atoms with Gasteiger partial charge >= 0.3 is 5.97 Å². The molecule has 1 fully saturated rings. The van der Waals surface area contributed by atoms with Gasteiger partial charge in [-0.3, -0.25) is 0 Å². The molecule has 0 aliphatic heterocycles. The molecule has 0 atom stereocenters. The first-order valence-electron chi connectivity index (χ1n) is 3.96. The van der Waals surface area contributed by atoms with E-state index in [0.29, 0.717) is 5.57 Å². The van der Waals surface area contributed by atoms with E-state index in [1.54, 1.807) is 6.92 Å². The first-order chi connectivity index (χ1) is 5.09. The minimum Gasteiger partial charge on any atom is -0.459 e. The molecule has 0 aromatic carbocycles. The van der Waals surface area contributed by atoms with E-state index in [1.165, 1.54) is 0 Å². The Hall–Kier alpha value is -0.790. The van der Waals surface area contributed by atoms with Gasteiger partial charge in [-0.25, -0.2) is 4.79 Å². The van der Waals surface area contributed by atoms with E-state index in [4.69, 9.17) is 4.74 Å². The predicted molar refractivity (Wildman–Crippen MR) is 43.1 cm³/mol. The van der Waals surface area contributed by atoms with Gasteiger partial charge in [0.2, 0.25) is 0 Å². The Kier molecular flexibility index (Phi) is 2.32. The highest BCUT2D eigenvalue weighted by molar-refractivity contribution is 5.87. The quantitative estimate of drug-likeness (QED) is 0.448. The lowest BCUT2D eigenvalue weighted by Crippen LogP contribution is -2.31. The molecule has 0 unspecified atom stereocenters. The van der Waals surface area contributed by atoms with Crippen molar-refractivity contribution in [3.05, 3.63) is 12.2 Å². The van der Waals surface area contributed by atoms with Gasteiger partial charge < -0.3 is 4.74 Å². The Bertz CT molecular complexity index is 178. The van der Waals surface area contributed by atoms with E-state index >= 15 is 0 Å². The van der Waals surface area contributed by atoms with Gasteiger partial charge in [0.25, 0.3) is 0 Å². The lowest BCUT2D eigenvalue weighted by Gasteiger charge is -2.31. The first-order valence-corrected chi connectivity index (χ1v) is 3.96. The maximum atomic E-state index is 10.9. The molecule has 11 heavy (non-hydrogen) atoms. The van der Waals surface area contributed by atoms with Gasteiger partial charge in [-0.05, 0) is 25.7 Å². The third-order valence-corrected chi connectivity index (χ3v) is 1.95. The van der Waals surface area contributed by atoms with E-state index in [1.807, 2.05) is 0 Å². The Labute approximate surface area is 67.2 Å². The van der Waals surface area contributed by atoms with Gasteiger partial charge in [-0.1, -0.05) is 13.5 Å². The summed E-state index contributed by atoms with van der Waals surface area (Å²) in [5, 5.41) is 0. The van der Waals surface area contributed by atoms with Crippen LogP contribution in [0.3, 0.4) is 0 Å². The van der Waals surface area contributed by atoms with Gasteiger partial charge in [0.15, 0.2) is 0 Å². The monoisotopic (exact) mass is 154 g/mol. The highest BCUT2D eigenvalue weighted by Crippen LogP contribution is 2.29. The number of carbonyl (C=O) groups excluding carboxylic acids is 1. The third kappa shape index (κ3) is 2.07. The van der Waals surface area contributed by atoms with Crippen molar-refractivity contribution in [1.29, 1.82) is 0 Å². The summed E-state index contributed by atoms with van der Waals surface area (Å²) in [5.41, 5.74) is 0.490. The molecule has 62 valence electrons. The summed E-state index contributed by atoms with van der Waals surface area (Å²) in [7, 11) is 0. The number of esters is 1. The van der Waals surface area contributed by atoms with Crippen LogP contribution in [-0.2, 0) is 9.53 Å². The Morgan fingerprint density at radius 1 is 1.55 bits per heavy atom.